The van der Waals surface area contributed by atoms with Crippen molar-refractivity contribution in [2.45, 2.75) is 61.3 Å². The third kappa shape index (κ3) is 3.52. The normalized spacial score (nSPS) is 16.9. The van der Waals surface area contributed by atoms with Gasteiger partial charge < -0.3 is 0 Å². The number of rotatable bonds is 4. The first-order valence-electron chi connectivity index (χ1n) is 6.06. The van der Waals surface area contributed by atoms with Gasteiger partial charge in [0.05, 0.1) is 12.0 Å². The summed E-state index contributed by atoms with van der Waals surface area (Å²) in [6.45, 7) is 15.6. The summed E-state index contributed by atoms with van der Waals surface area (Å²) in [4.78, 5) is 0. The average molecular weight is 209 g/mol. The van der Waals surface area contributed by atoms with E-state index in [9.17, 15) is 5.26 Å². The second-order valence-corrected chi connectivity index (χ2v) is 6.40. The van der Waals surface area contributed by atoms with Gasteiger partial charge in [0.2, 0.25) is 0 Å². The van der Waals surface area contributed by atoms with Gasteiger partial charge in [-0.25, -0.2) is 0 Å². The van der Waals surface area contributed by atoms with E-state index >= 15 is 0 Å². The summed E-state index contributed by atoms with van der Waals surface area (Å²) in [7, 11) is 0. The minimum atomic E-state index is 0.0746. The second kappa shape index (κ2) is 5.01. The van der Waals surface area contributed by atoms with E-state index in [4.69, 9.17) is 0 Å². The number of nitriles is 1. The molecule has 1 nitrogen and oxygen atoms in total. The van der Waals surface area contributed by atoms with Crippen molar-refractivity contribution in [1.29, 1.82) is 5.26 Å². The van der Waals surface area contributed by atoms with E-state index < -0.39 is 0 Å². The standard InChI is InChI=1S/C14H27N/c1-8-11(2)9-12(10-15)14(6,7)13(3,4)5/h11-12H,8-9H2,1-7H3. The first-order chi connectivity index (χ1) is 6.66. The molecule has 2 unspecified atom stereocenters. The second-order valence-electron chi connectivity index (χ2n) is 6.40. The Bertz CT molecular complexity index is 227. The molecule has 0 aliphatic heterocycles. The highest BCUT2D eigenvalue weighted by molar-refractivity contribution is 4.99. The Kier molecular flexibility index (Phi) is 4.84. The molecule has 0 saturated carbocycles. The van der Waals surface area contributed by atoms with E-state index in [0.717, 1.165) is 6.42 Å². The highest BCUT2D eigenvalue weighted by Gasteiger charge is 2.40. The molecular weight excluding hydrogens is 182 g/mol. The molecule has 0 N–H and O–H groups in total. The Hall–Kier alpha value is -0.510. The first-order valence-corrected chi connectivity index (χ1v) is 6.06. The lowest BCUT2D eigenvalue weighted by Gasteiger charge is -2.43. The summed E-state index contributed by atoms with van der Waals surface area (Å²) in [5.41, 5.74) is 0.256. The first kappa shape index (κ1) is 14.5. The maximum atomic E-state index is 9.32. The fourth-order valence-electron chi connectivity index (χ4n) is 1.60. The molecule has 15 heavy (non-hydrogen) atoms. The van der Waals surface area contributed by atoms with Crippen molar-refractivity contribution in [2.75, 3.05) is 0 Å². The molecule has 0 aliphatic rings. The fourth-order valence-corrected chi connectivity index (χ4v) is 1.60. The molecule has 0 bridgehead atoms. The third-order valence-corrected chi connectivity index (χ3v) is 4.29. The Morgan fingerprint density at radius 2 is 1.60 bits per heavy atom. The van der Waals surface area contributed by atoms with Crippen LogP contribution >= 0.6 is 0 Å². The quantitative estimate of drug-likeness (QED) is 0.662. The van der Waals surface area contributed by atoms with Gasteiger partial charge in [-0.15, -0.1) is 0 Å². The van der Waals surface area contributed by atoms with E-state index in [2.05, 4.69) is 54.5 Å². The Morgan fingerprint density at radius 1 is 1.13 bits per heavy atom. The van der Waals surface area contributed by atoms with Crippen LogP contribution in [-0.4, -0.2) is 0 Å². The van der Waals surface area contributed by atoms with Crippen LogP contribution in [0.25, 0.3) is 0 Å². The minimum absolute atomic E-state index is 0.0746. The van der Waals surface area contributed by atoms with E-state index in [0.29, 0.717) is 5.92 Å². The summed E-state index contributed by atoms with van der Waals surface area (Å²) in [6.07, 6.45) is 2.19. The van der Waals surface area contributed by atoms with Crippen LogP contribution in [0.1, 0.15) is 61.3 Å². The van der Waals surface area contributed by atoms with Crippen molar-refractivity contribution in [1.82, 2.24) is 0 Å². The van der Waals surface area contributed by atoms with Crippen LogP contribution in [0.15, 0.2) is 0 Å². The molecule has 0 aromatic heterocycles. The maximum absolute atomic E-state index is 9.32. The van der Waals surface area contributed by atoms with Crippen molar-refractivity contribution in [3.8, 4) is 6.07 Å². The van der Waals surface area contributed by atoms with Gasteiger partial charge in [-0.3, -0.25) is 0 Å². The van der Waals surface area contributed by atoms with Crippen molar-refractivity contribution in [3.05, 3.63) is 0 Å². The molecule has 0 radical (unpaired) electrons. The highest BCUT2D eigenvalue weighted by Crippen LogP contribution is 2.46. The van der Waals surface area contributed by atoms with Crippen molar-refractivity contribution in [2.24, 2.45) is 22.7 Å². The number of nitrogens with zero attached hydrogens (tertiary/aromatic N) is 1. The molecule has 88 valence electrons. The third-order valence-electron chi connectivity index (χ3n) is 4.29. The topological polar surface area (TPSA) is 23.8 Å². The van der Waals surface area contributed by atoms with Gasteiger partial charge in [0.15, 0.2) is 0 Å². The Labute approximate surface area is 95.9 Å². The zero-order valence-electron chi connectivity index (χ0n) is 11.5. The monoisotopic (exact) mass is 209 g/mol. The zero-order valence-corrected chi connectivity index (χ0v) is 11.5. The lowest BCUT2D eigenvalue weighted by molar-refractivity contribution is 0.0700. The maximum Gasteiger partial charge on any atom is 0.0661 e. The number of hydrogen-bond donors (Lipinski definition) is 0. The van der Waals surface area contributed by atoms with E-state index in [1.807, 2.05) is 0 Å². The van der Waals surface area contributed by atoms with E-state index in [1.165, 1.54) is 6.42 Å². The van der Waals surface area contributed by atoms with Crippen LogP contribution in [0.2, 0.25) is 0 Å². The van der Waals surface area contributed by atoms with Crippen LogP contribution in [0.3, 0.4) is 0 Å². The molecule has 2 atom stereocenters. The SMILES string of the molecule is CCC(C)CC(C#N)C(C)(C)C(C)(C)C. The van der Waals surface area contributed by atoms with Crippen LogP contribution in [0.4, 0.5) is 0 Å². The van der Waals surface area contributed by atoms with Crippen molar-refractivity contribution >= 4 is 0 Å². The van der Waals surface area contributed by atoms with Gasteiger partial charge >= 0.3 is 0 Å². The zero-order chi connectivity index (χ0) is 12.3. The van der Waals surface area contributed by atoms with E-state index in [-0.39, 0.29) is 16.7 Å². The molecule has 0 heterocycles. The minimum Gasteiger partial charge on any atom is -0.198 e. The molecule has 0 spiro atoms. The van der Waals surface area contributed by atoms with Crippen LogP contribution in [-0.2, 0) is 0 Å². The van der Waals surface area contributed by atoms with Gasteiger partial charge in [0.1, 0.15) is 0 Å². The Balaban J connectivity index is 4.76. The lowest BCUT2D eigenvalue weighted by atomic mass is 9.61. The van der Waals surface area contributed by atoms with Crippen LogP contribution in [0.5, 0.6) is 0 Å². The van der Waals surface area contributed by atoms with Gasteiger partial charge in [-0.05, 0) is 23.2 Å². The summed E-state index contributed by atoms with van der Waals surface area (Å²) >= 11 is 0. The molecule has 0 aromatic carbocycles. The van der Waals surface area contributed by atoms with Crippen LogP contribution < -0.4 is 0 Å². The fraction of sp³-hybridized carbons (Fsp3) is 0.929. The molecule has 0 rings (SSSR count). The van der Waals surface area contributed by atoms with Crippen LogP contribution in [0, 0.1) is 34.0 Å². The molecule has 0 amide bonds. The van der Waals surface area contributed by atoms with Crippen molar-refractivity contribution < 1.29 is 0 Å². The summed E-state index contributed by atoms with van der Waals surface area (Å²) in [5.74, 6) is 0.809. The molecule has 0 aromatic rings. The van der Waals surface area contributed by atoms with E-state index in [1.54, 1.807) is 0 Å². The lowest BCUT2D eigenvalue weighted by Crippen LogP contribution is -2.37. The number of hydrogen-bond acceptors (Lipinski definition) is 1. The molecular formula is C14H27N. The van der Waals surface area contributed by atoms with Gasteiger partial charge in [0, 0.05) is 0 Å². The van der Waals surface area contributed by atoms with Gasteiger partial charge in [-0.1, -0.05) is 54.9 Å². The predicted octanol–water partition coefficient (Wildman–Crippen LogP) is 4.63. The Morgan fingerprint density at radius 3 is 1.87 bits per heavy atom. The molecule has 0 aliphatic carbocycles. The van der Waals surface area contributed by atoms with Crippen molar-refractivity contribution in [3.63, 3.8) is 0 Å². The predicted molar refractivity (Wildman–Crippen MR) is 66.4 cm³/mol. The summed E-state index contributed by atoms with van der Waals surface area (Å²) in [5, 5.41) is 9.32. The molecule has 1 heteroatoms. The van der Waals surface area contributed by atoms with Gasteiger partial charge in [-0.2, -0.15) is 5.26 Å². The smallest absolute Gasteiger partial charge is 0.0661 e. The molecule has 0 fully saturated rings. The average Bonchev–Trinajstić information content (AvgIpc) is 2.11. The van der Waals surface area contributed by atoms with Gasteiger partial charge in [0.25, 0.3) is 0 Å². The summed E-state index contributed by atoms with van der Waals surface area (Å²) < 4.78 is 0. The largest absolute Gasteiger partial charge is 0.198 e. The highest BCUT2D eigenvalue weighted by atomic mass is 14.5. The molecule has 0 saturated heterocycles. The summed E-state index contributed by atoms with van der Waals surface area (Å²) in [6, 6.07) is 2.51.